The highest BCUT2D eigenvalue weighted by atomic mass is 35.5. The predicted octanol–water partition coefficient (Wildman–Crippen LogP) is 4.99. The molecule has 4 N–H and O–H groups in total. The summed E-state index contributed by atoms with van der Waals surface area (Å²) in [6, 6.07) is 16.7. The van der Waals surface area contributed by atoms with Gasteiger partial charge in [0.2, 0.25) is 5.91 Å². The molecule has 5 aromatic rings. The van der Waals surface area contributed by atoms with Crippen LogP contribution in [0.3, 0.4) is 0 Å². The minimum atomic E-state index is -2.43. The fourth-order valence-corrected chi connectivity index (χ4v) is 5.80. The van der Waals surface area contributed by atoms with E-state index >= 15 is 0 Å². The summed E-state index contributed by atoms with van der Waals surface area (Å²) >= 11 is 6.57. The summed E-state index contributed by atoms with van der Waals surface area (Å²) in [5.74, 6) is -2.63. The number of methoxy groups -OCH3 is 1. The van der Waals surface area contributed by atoms with Crippen molar-refractivity contribution < 1.29 is 28.2 Å². The van der Waals surface area contributed by atoms with E-state index in [1.54, 1.807) is 24.3 Å². The summed E-state index contributed by atoms with van der Waals surface area (Å²) < 4.78 is 34.3. The number of primary amides is 1. The molecular formula is C31H20ClF2N5O4. The molecule has 1 aromatic heterocycles. The largest absolute Gasteiger partial charge is 0.497 e. The second-order valence-corrected chi connectivity index (χ2v) is 10.3. The average molecular weight is 600 g/mol. The van der Waals surface area contributed by atoms with Gasteiger partial charge in [0.15, 0.2) is 11.4 Å². The van der Waals surface area contributed by atoms with Crippen LogP contribution in [0, 0.1) is 23.0 Å². The molecule has 0 aliphatic carbocycles. The van der Waals surface area contributed by atoms with Crippen molar-refractivity contribution in [2.75, 3.05) is 7.11 Å². The van der Waals surface area contributed by atoms with Crippen LogP contribution in [0.15, 0.2) is 66.7 Å². The molecule has 0 radical (unpaired) electrons. The van der Waals surface area contributed by atoms with Crippen molar-refractivity contribution in [1.29, 1.82) is 5.26 Å². The molecule has 4 aromatic carbocycles. The third-order valence-electron chi connectivity index (χ3n) is 7.51. The van der Waals surface area contributed by atoms with Crippen molar-refractivity contribution in [3.63, 3.8) is 0 Å². The molecule has 9 nitrogen and oxygen atoms in total. The second kappa shape index (κ2) is 10.2. The Balaban J connectivity index is 1.74. The number of aliphatic hydroxyl groups is 1. The lowest BCUT2D eigenvalue weighted by atomic mass is 9.84. The Hall–Kier alpha value is -5.31. The van der Waals surface area contributed by atoms with Crippen LogP contribution in [0.1, 0.15) is 43.1 Å². The van der Waals surface area contributed by atoms with E-state index in [-0.39, 0.29) is 61.5 Å². The van der Waals surface area contributed by atoms with E-state index in [2.05, 4.69) is 10.2 Å². The molecule has 1 atom stereocenters. The van der Waals surface area contributed by atoms with Crippen LogP contribution >= 0.6 is 11.6 Å². The van der Waals surface area contributed by atoms with Crippen LogP contribution in [0.25, 0.3) is 22.0 Å². The topological polar surface area (TPSA) is 145 Å². The molecule has 12 heteroatoms. The average Bonchev–Trinajstić information content (AvgIpc) is 3.51. The van der Waals surface area contributed by atoms with Crippen LogP contribution in [0.5, 0.6) is 5.75 Å². The van der Waals surface area contributed by atoms with Crippen molar-refractivity contribution in [3.05, 3.63) is 117 Å². The summed E-state index contributed by atoms with van der Waals surface area (Å²) in [4.78, 5) is 28.0. The van der Waals surface area contributed by atoms with E-state index in [4.69, 9.17) is 22.1 Å². The van der Waals surface area contributed by atoms with Crippen LogP contribution in [-0.4, -0.2) is 39.1 Å². The van der Waals surface area contributed by atoms with E-state index in [1.807, 2.05) is 6.07 Å². The summed E-state index contributed by atoms with van der Waals surface area (Å²) in [6.45, 7) is -0.187. The fraction of sp³-hybridized carbons (Fsp3) is 0.0968. The first-order valence-corrected chi connectivity index (χ1v) is 13.1. The van der Waals surface area contributed by atoms with Gasteiger partial charge in [-0.25, -0.2) is 8.78 Å². The van der Waals surface area contributed by atoms with Gasteiger partial charge in [0.25, 0.3) is 5.91 Å². The standard InChI is InChI=1S/C31H20ClF2N5O4/c1-43-18-6-2-15(3-7-18)14-39-30(41)26-27(31(39,42)23-11-17(34)5-9-24(23)32)20(12-22-25(13-35)37-38-28(22)26)19-8-4-16(33)10-21(19)29(36)40/h2-12,42H,14H2,1H3,(H2,36,40)(H,37,38). The lowest BCUT2D eigenvalue weighted by molar-refractivity contribution is -0.0540. The molecule has 1 aliphatic rings. The number of nitrogens with two attached hydrogens (primary N) is 1. The molecule has 0 spiro atoms. The molecule has 2 heterocycles. The Morgan fingerprint density at radius 3 is 2.49 bits per heavy atom. The van der Waals surface area contributed by atoms with Gasteiger partial charge in [-0.05, 0) is 65.2 Å². The predicted molar refractivity (Wildman–Crippen MR) is 152 cm³/mol. The Morgan fingerprint density at radius 1 is 1.12 bits per heavy atom. The molecule has 0 saturated carbocycles. The highest BCUT2D eigenvalue weighted by molar-refractivity contribution is 6.31. The zero-order valence-electron chi connectivity index (χ0n) is 22.3. The first kappa shape index (κ1) is 27.8. The molecule has 43 heavy (non-hydrogen) atoms. The first-order valence-electron chi connectivity index (χ1n) is 12.8. The number of carbonyl (C=O) groups is 2. The van der Waals surface area contributed by atoms with Gasteiger partial charge in [-0.15, -0.1) is 0 Å². The van der Waals surface area contributed by atoms with Crippen molar-refractivity contribution in [2.24, 2.45) is 5.73 Å². The Bertz CT molecular complexity index is 2020. The number of halogens is 3. The Labute approximate surface area is 247 Å². The summed E-state index contributed by atoms with van der Waals surface area (Å²) in [7, 11) is 1.50. The van der Waals surface area contributed by atoms with Crippen LogP contribution < -0.4 is 10.5 Å². The van der Waals surface area contributed by atoms with Crippen LogP contribution in [0.4, 0.5) is 8.78 Å². The third kappa shape index (κ3) is 4.27. The SMILES string of the molecule is COc1ccc(CN2C(=O)c3c(c(-c4ccc(F)cc4C(N)=O)cc4c(C#N)n[nH]c34)C2(O)c2cc(F)ccc2Cl)cc1. The van der Waals surface area contributed by atoms with Gasteiger partial charge < -0.3 is 15.6 Å². The fourth-order valence-electron chi connectivity index (χ4n) is 5.55. The highest BCUT2D eigenvalue weighted by Gasteiger charge is 2.54. The van der Waals surface area contributed by atoms with Gasteiger partial charge in [0, 0.05) is 33.6 Å². The third-order valence-corrected chi connectivity index (χ3v) is 7.84. The molecule has 0 fully saturated rings. The molecule has 0 bridgehead atoms. The minimum Gasteiger partial charge on any atom is -0.497 e. The number of nitrogens with one attached hydrogen (secondary N) is 1. The first-order chi connectivity index (χ1) is 20.6. The lowest BCUT2D eigenvalue weighted by Gasteiger charge is -2.36. The van der Waals surface area contributed by atoms with Crippen molar-refractivity contribution in [2.45, 2.75) is 12.3 Å². The quantitative estimate of drug-likeness (QED) is 0.251. The summed E-state index contributed by atoms with van der Waals surface area (Å²) in [6.07, 6.45) is 0. The highest BCUT2D eigenvalue weighted by Crippen LogP contribution is 2.52. The minimum absolute atomic E-state index is 0.0576. The zero-order chi connectivity index (χ0) is 30.6. The van der Waals surface area contributed by atoms with Crippen molar-refractivity contribution in [3.8, 4) is 22.9 Å². The maximum Gasteiger partial charge on any atom is 0.259 e. The maximum absolute atomic E-state index is 14.8. The van der Waals surface area contributed by atoms with Crippen molar-refractivity contribution >= 4 is 34.3 Å². The number of ether oxygens (including phenoxy) is 1. The van der Waals surface area contributed by atoms with E-state index in [0.29, 0.717) is 11.3 Å². The number of aromatic nitrogens is 2. The maximum atomic E-state index is 14.8. The number of H-pyrrole nitrogens is 1. The number of fused-ring (bicyclic) bond motifs is 3. The number of carbonyl (C=O) groups excluding carboxylic acids is 2. The van der Waals surface area contributed by atoms with Gasteiger partial charge in [-0.1, -0.05) is 29.8 Å². The molecule has 214 valence electrons. The number of benzene rings is 4. The van der Waals surface area contributed by atoms with Crippen LogP contribution in [0.2, 0.25) is 5.02 Å². The van der Waals surface area contributed by atoms with E-state index in [9.17, 15) is 28.7 Å². The summed E-state index contributed by atoms with van der Waals surface area (Å²) in [5, 5.41) is 29.4. The number of amides is 2. The number of nitriles is 1. The second-order valence-electron chi connectivity index (χ2n) is 9.87. The number of hydrogen-bond acceptors (Lipinski definition) is 6. The molecule has 2 amide bonds. The molecule has 1 unspecified atom stereocenters. The van der Waals surface area contributed by atoms with Gasteiger partial charge in [-0.2, -0.15) is 10.4 Å². The Morgan fingerprint density at radius 2 is 1.81 bits per heavy atom. The van der Waals surface area contributed by atoms with E-state index in [1.165, 1.54) is 25.3 Å². The van der Waals surface area contributed by atoms with E-state index < -0.39 is 29.2 Å². The van der Waals surface area contributed by atoms with Crippen LogP contribution in [-0.2, 0) is 12.3 Å². The summed E-state index contributed by atoms with van der Waals surface area (Å²) in [5.41, 5.74) is 3.31. The molecule has 1 aliphatic heterocycles. The number of aromatic amines is 1. The van der Waals surface area contributed by atoms with Gasteiger partial charge in [-0.3, -0.25) is 19.6 Å². The normalized spacial score (nSPS) is 15.9. The molecule has 0 saturated heterocycles. The number of rotatable bonds is 6. The lowest BCUT2D eigenvalue weighted by Crippen LogP contribution is -2.44. The van der Waals surface area contributed by atoms with Gasteiger partial charge in [0.1, 0.15) is 23.5 Å². The van der Waals surface area contributed by atoms with Gasteiger partial charge in [0.05, 0.1) is 18.2 Å². The van der Waals surface area contributed by atoms with E-state index in [0.717, 1.165) is 29.2 Å². The Kier molecular flexibility index (Phi) is 6.60. The monoisotopic (exact) mass is 599 g/mol. The van der Waals surface area contributed by atoms with Gasteiger partial charge >= 0.3 is 0 Å². The molecule has 6 rings (SSSR count). The molecular weight excluding hydrogens is 580 g/mol. The smallest absolute Gasteiger partial charge is 0.259 e. The number of hydrogen-bond donors (Lipinski definition) is 3. The van der Waals surface area contributed by atoms with Crippen molar-refractivity contribution in [1.82, 2.24) is 15.1 Å². The number of nitrogens with zero attached hydrogens (tertiary/aromatic N) is 3. The zero-order valence-corrected chi connectivity index (χ0v) is 23.0.